The summed E-state index contributed by atoms with van der Waals surface area (Å²) >= 11 is 0. The van der Waals surface area contributed by atoms with Crippen LogP contribution < -0.4 is 0 Å². The van der Waals surface area contributed by atoms with Gasteiger partial charge in [0.15, 0.2) is 0 Å². The third-order valence-corrected chi connectivity index (χ3v) is 3.80. The lowest BCUT2D eigenvalue weighted by molar-refractivity contribution is 0.306. The van der Waals surface area contributed by atoms with Crippen molar-refractivity contribution in [3.63, 3.8) is 0 Å². The molecule has 1 fully saturated rings. The van der Waals surface area contributed by atoms with Gasteiger partial charge in [-0.2, -0.15) is 0 Å². The van der Waals surface area contributed by atoms with Gasteiger partial charge in [-0.25, -0.2) is 8.60 Å². The fraction of sp³-hybridized carbons (Fsp3) is 1.00. The molecule has 0 aromatic heterocycles. The van der Waals surface area contributed by atoms with E-state index >= 15 is 0 Å². The molecule has 66 valence electrons. The van der Waals surface area contributed by atoms with Crippen LogP contribution in [0, 0.1) is 0 Å². The monoisotopic (exact) mass is 198 g/mol. The third-order valence-electron chi connectivity index (χ3n) is 2.11. The summed E-state index contributed by atoms with van der Waals surface area (Å²) < 4.78 is 23.9. The van der Waals surface area contributed by atoms with Gasteiger partial charge in [0.1, 0.15) is 16.2 Å². The molecule has 0 saturated heterocycles. The summed E-state index contributed by atoms with van der Waals surface area (Å²) in [6.45, 7) is 0. The van der Waals surface area contributed by atoms with Gasteiger partial charge in [0.25, 0.3) is 0 Å². The fourth-order valence-electron chi connectivity index (χ4n) is 1.44. The summed E-state index contributed by atoms with van der Waals surface area (Å²) in [7, 11) is 3.86. The van der Waals surface area contributed by atoms with Crippen molar-refractivity contribution in [1.29, 1.82) is 0 Å². The van der Waals surface area contributed by atoms with E-state index in [1.807, 2.05) is 0 Å². The molecule has 0 spiro atoms. The first-order valence-corrected chi connectivity index (χ1v) is 5.96. The Morgan fingerprint density at radius 3 is 2.55 bits per heavy atom. The number of hydrogen-bond acceptors (Lipinski definition) is 1. The summed E-state index contributed by atoms with van der Waals surface area (Å²) in [5.41, 5.74) is 0. The molecule has 11 heavy (non-hydrogen) atoms. The second-order valence-electron chi connectivity index (χ2n) is 2.94. The highest BCUT2D eigenvalue weighted by atomic mass is 35.7. The third kappa shape index (κ3) is 2.71. The Kier molecular flexibility index (Phi) is 3.79. The lowest BCUT2D eigenvalue weighted by Gasteiger charge is -2.12. The van der Waals surface area contributed by atoms with E-state index in [1.165, 1.54) is 0 Å². The van der Waals surface area contributed by atoms with Crippen molar-refractivity contribution < 1.29 is 8.60 Å². The van der Waals surface area contributed by atoms with Crippen LogP contribution in [0.2, 0.25) is 0 Å². The maximum Gasteiger partial charge on any atom is 0.121 e. The summed E-state index contributed by atoms with van der Waals surface area (Å²) in [5.74, 6) is 0. The summed E-state index contributed by atoms with van der Waals surface area (Å²) in [4.78, 5) is 0. The van der Waals surface area contributed by atoms with E-state index in [-0.39, 0.29) is 0 Å². The molecular formula is C7H12ClFOS. The van der Waals surface area contributed by atoms with E-state index in [0.29, 0.717) is 12.8 Å². The largest absolute Gasteiger partial charge is 0.246 e. The van der Waals surface area contributed by atoms with Crippen molar-refractivity contribution >= 4 is 20.7 Å². The number of rotatable bonds is 1. The first-order chi connectivity index (χ1) is 5.22. The first-order valence-electron chi connectivity index (χ1n) is 3.92. The van der Waals surface area contributed by atoms with E-state index in [0.717, 1.165) is 19.3 Å². The fourth-order valence-corrected chi connectivity index (χ4v) is 2.76. The van der Waals surface area contributed by atoms with E-state index in [1.54, 1.807) is 0 Å². The van der Waals surface area contributed by atoms with Gasteiger partial charge in [0.05, 0.1) is 5.25 Å². The molecule has 1 aliphatic rings. The number of hydrogen-bond donors (Lipinski definition) is 0. The second-order valence-corrected chi connectivity index (χ2v) is 4.96. The van der Waals surface area contributed by atoms with Gasteiger partial charge in [0.2, 0.25) is 0 Å². The van der Waals surface area contributed by atoms with Crippen LogP contribution in [-0.4, -0.2) is 15.6 Å². The minimum absolute atomic E-state index is 0.417. The Hall–Kier alpha value is 0.370. The highest BCUT2D eigenvalue weighted by Crippen LogP contribution is 2.25. The molecule has 0 aromatic carbocycles. The molecule has 0 radical (unpaired) electrons. The van der Waals surface area contributed by atoms with Crippen molar-refractivity contribution in [1.82, 2.24) is 0 Å². The molecule has 1 rings (SSSR count). The Morgan fingerprint density at radius 2 is 1.91 bits per heavy atom. The van der Waals surface area contributed by atoms with Crippen molar-refractivity contribution in [3.8, 4) is 0 Å². The minimum Gasteiger partial charge on any atom is -0.246 e. The van der Waals surface area contributed by atoms with Crippen LogP contribution in [0.4, 0.5) is 4.39 Å². The molecule has 0 aliphatic heterocycles. The van der Waals surface area contributed by atoms with Crippen molar-refractivity contribution in [3.05, 3.63) is 0 Å². The highest BCUT2D eigenvalue weighted by Gasteiger charge is 2.27. The second kappa shape index (κ2) is 4.41. The number of halogens is 2. The van der Waals surface area contributed by atoms with Crippen LogP contribution in [0.25, 0.3) is 0 Å². The SMILES string of the molecule is O=S(Cl)C1CCCCCC1F. The highest BCUT2D eigenvalue weighted by molar-refractivity contribution is 8.08. The lowest BCUT2D eigenvalue weighted by Crippen LogP contribution is -2.22. The normalized spacial score (nSPS) is 36.2. The average Bonchev–Trinajstić information content (AvgIpc) is 2.13. The van der Waals surface area contributed by atoms with Crippen LogP contribution in [-0.2, 0) is 10.0 Å². The molecule has 0 heterocycles. The molecule has 3 atom stereocenters. The maximum absolute atomic E-state index is 13.1. The first kappa shape index (κ1) is 9.46. The Labute approximate surface area is 73.3 Å². The predicted molar refractivity (Wildman–Crippen MR) is 45.8 cm³/mol. The van der Waals surface area contributed by atoms with Crippen molar-refractivity contribution in [2.24, 2.45) is 0 Å². The van der Waals surface area contributed by atoms with Crippen molar-refractivity contribution in [2.75, 3.05) is 0 Å². The molecule has 4 heteroatoms. The Balaban J connectivity index is 2.52. The topological polar surface area (TPSA) is 17.1 Å². The van der Waals surface area contributed by atoms with Gasteiger partial charge in [-0.3, -0.25) is 0 Å². The van der Waals surface area contributed by atoms with Gasteiger partial charge >= 0.3 is 0 Å². The van der Waals surface area contributed by atoms with E-state index < -0.39 is 21.4 Å². The van der Waals surface area contributed by atoms with Crippen LogP contribution in [0.1, 0.15) is 32.1 Å². The van der Waals surface area contributed by atoms with Crippen molar-refractivity contribution in [2.45, 2.75) is 43.5 Å². The lowest BCUT2D eigenvalue weighted by atomic mass is 10.2. The zero-order valence-electron chi connectivity index (χ0n) is 6.26. The minimum atomic E-state index is -1.50. The average molecular weight is 199 g/mol. The zero-order chi connectivity index (χ0) is 8.27. The molecule has 1 nitrogen and oxygen atoms in total. The van der Waals surface area contributed by atoms with Crippen LogP contribution in [0.5, 0.6) is 0 Å². The molecule has 0 N–H and O–H groups in total. The van der Waals surface area contributed by atoms with Crippen LogP contribution in [0.3, 0.4) is 0 Å². The summed E-state index contributed by atoms with van der Waals surface area (Å²) in [6.07, 6.45) is 3.18. The molecule has 0 amide bonds. The van der Waals surface area contributed by atoms with Gasteiger partial charge in [-0.15, -0.1) is 0 Å². The molecular weight excluding hydrogens is 187 g/mol. The van der Waals surface area contributed by atoms with E-state index in [4.69, 9.17) is 10.7 Å². The van der Waals surface area contributed by atoms with Gasteiger partial charge in [0, 0.05) is 0 Å². The molecule has 1 aliphatic carbocycles. The van der Waals surface area contributed by atoms with Crippen LogP contribution >= 0.6 is 10.7 Å². The maximum atomic E-state index is 13.1. The molecule has 1 saturated carbocycles. The summed E-state index contributed by atoms with van der Waals surface area (Å²) in [6, 6.07) is 0. The zero-order valence-corrected chi connectivity index (χ0v) is 7.84. The Morgan fingerprint density at radius 1 is 1.27 bits per heavy atom. The molecule has 0 bridgehead atoms. The Bertz CT molecular complexity index is 153. The summed E-state index contributed by atoms with van der Waals surface area (Å²) in [5, 5.41) is -0.417. The molecule has 0 aromatic rings. The predicted octanol–water partition coefficient (Wildman–Crippen LogP) is 2.56. The van der Waals surface area contributed by atoms with E-state index in [2.05, 4.69) is 0 Å². The quantitative estimate of drug-likeness (QED) is 0.468. The van der Waals surface area contributed by atoms with Crippen LogP contribution in [0.15, 0.2) is 0 Å². The smallest absolute Gasteiger partial charge is 0.121 e. The van der Waals surface area contributed by atoms with Gasteiger partial charge in [-0.1, -0.05) is 19.3 Å². The van der Waals surface area contributed by atoms with Gasteiger partial charge < -0.3 is 0 Å². The van der Waals surface area contributed by atoms with E-state index in [9.17, 15) is 8.60 Å². The van der Waals surface area contributed by atoms with Gasteiger partial charge in [-0.05, 0) is 23.5 Å². The standard InChI is InChI=1S/C7H12ClFOS/c8-11(10)7-5-3-1-2-4-6(7)9/h6-7H,1-5H2. The molecule has 3 unspecified atom stereocenters. The number of alkyl halides is 1.